The first-order chi connectivity index (χ1) is 48.9. The fourth-order valence-electron chi connectivity index (χ4n) is 15.3. The Morgan fingerprint density at radius 1 is 0.444 bits per heavy atom. The maximum Gasteiger partial charge on any atom is 0.160 e. The van der Waals surface area contributed by atoms with Crippen LogP contribution in [0.3, 0.4) is 0 Å². The van der Waals surface area contributed by atoms with E-state index in [1.165, 1.54) is 16.7 Å². The zero-order chi connectivity index (χ0) is 65.4. The van der Waals surface area contributed by atoms with Crippen molar-refractivity contribution in [3.8, 4) is 56.0 Å². The van der Waals surface area contributed by atoms with Crippen molar-refractivity contribution < 1.29 is 13.3 Å². The van der Waals surface area contributed by atoms with Crippen molar-refractivity contribution in [3.63, 3.8) is 0 Å². The predicted molar refractivity (Wildman–Crippen MR) is 404 cm³/mol. The monoisotopic (exact) mass is 1270 g/mol. The Kier molecular flexibility index (Phi) is 12.7. The van der Waals surface area contributed by atoms with Gasteiger partial charge in [-0.15, -0.1) is 0 Å². The van der Waals surface area contributed by atoms with E-state index < -0.39 is 0 Å². The molecular weight excluding hydrogens is 1220 g/mol. The van der Waals surface area contributed by atoms with Crippen LogP contribution in [0, 0.1) is 0 Å². The number of pyridine rings is 3. The van der Waals surface area contributed by atoms with Gasteiger partial charge in [-0.25, -0.2) is 15.0 Å². The second-order valence-corrected chi connectivity index (χ2v) is 26.1. The highest BCUT2D eigenvalue weighted by atomic mass is 16.3. The Bertz CT molecular complexity index is 6450. The van der Waals surface area contributed by atoms with Gasteiger partial charge in [-0.1, -0.05) is 153 Å². The Hall–Kier alpha value is -13.1. The lowest BCUT2D eigenvalue weighted by atomic mass is 9.89. The highest BCUT2D eigenvalue weighted by Gasteiger charge is 2.31. The number of aromatic nitrogens is 5. The van der Waals surface area contributed by atoms with Gasteiger partial charge in [-0.2, -0.15) is 0 Å². The zero-order valence-electron chi connectivity index (χ0n) is 53.8. The largest absolute Gasteiger partial charge is 0.456 e. The van der Waals surface area contributed by atoms with Gasteiger partial charge in [-0.3, -0.25) is 14.9 Å². The minimum atomic E-state index is -0.100. The zero-order valence-corrected chi connectivity index (χ0v) is 53.8. The molecule has 7 aromatic heterocycles. The number of furan rings is 3. The van der Waals surface area contributed by atoms with Crippen LogP contribution in [0.5, 0.6) is 0 Å². The summed E-state index contributed by atoms with van der Waals surface area (Å²) in [6, 6.07) is 79.0. The summed E-state index contributed by atoms with van der Waals surface area (Å²) in [5.41, 5.74) is 20.2. The molecule has 10 heteroatoms. The van der Waals surface area contributed by atoms with Gasteiger partial charge in [0, 0.05) is 121 Å². The molecule has 1 aliphatic heterocycles. The van der Waals surface area contributed by atoms with E-state index in [0.29, 0.717) is 28.7 Å². The molecule has 0 N–H and O–H groups in total. The average Bonchev–Trinajstić information content (AvgIpc) is 1.57. The summed E-state index contributed by atoms with van der Waals surface area (Å²) in [7, 11) is 0. The van der Waals surface area contributed by atoms with Crippen LogP contribution in [0.1, 0.15) is 30.9 Å². The molecule has 18 aromatic rings. The van der Waals surface area contributed by atoms with Crippen molar-refractivity contribution in [3.05, 3.63) is 315 Å². The van der Waals surface area contributed by atoms with E-state index in [0.717, 1.165) is 160 Å². The van der Waals surface area contributed by atoms with Gasteiger partial charge in [0.2, 0.25) is 0 Å². The molecule has 1 atom stereocenters. The Balaban J connectivity index is 0.880. The number of rotatable bonds is 11. The van der Waals surface area contributed by atoms with Gasteiger partial charge >= 0.3 is 0 Å². The van der Waals surface area contributed by atoms with Crippen molar-refractivity contribution in [2.75, 3.05) is 9.80 Å². The van der Waals surface area contributed by atoms with Crippen molar-refractivity contribution in [1.29, 1.82) is 0 Å². The van der Waals surface area contributed by atoms with E-state index in [1.807, 2.05) is 67.5 Å². The molecule has 11 aromatic carbocycles. The van der Waals surface area contributed by atoms with E-state index >= 15 is 0 Å². The molecule has 0 amide bonds. The number of allylic oxidation sites excluding steroid dienone is 4. The number of hydrogen-bond donors (Lipinski definition) is 0. The molecule has 466 valence electrons. The summed E-state index contributed by atoms with van der Waals surface area (Å²) < 4.78 is 22.0. The fourth-order valence-corrected chi connectivity index (χ4v) is 15.3. The highest BCUT2D eigenvalue weighted by molar-refractivity contribution is 6.38. The standard InChI is InChI=1S/C89H57N7O3/c1-52(2)56-18-10-19-58(40-56)75-31-26-60(49-92-75)61-42-72-70-30-33-77(96(89-67(24-12-36-91-89)55-34-37-90-38-35-55)64-28-29-69-68-22-8-9-25-78(68)97-79(69)47-64)87-86(70)85-73(43-62(45-81(85)99-87)63-50-93-88(94-51-63)71-23-11-17-54-16-6-7-21-66(54)71)74-46-65(48-82-84(74)83(72)80(44-61)98-82)95-39-13-20-59-41-57(27-32-76(59)95)53-14-4-3-5-15-53/h3-52,76H,1-2H3. The molecule has 8 heterocycles. The second kappa shape index (κ2) is 22.3. The molecule has 0 radical (unpaired) electrons. The summed E-state index contributed by atoms with van der Waals surface area (Å²) in [5, 5.41) is 12.1. The highest BCUT2D eigenvalue weighted by Crippen LogP contribution is 2.53. The molecule has 0 saturated carbocycles. The lowest BCUT2D eigenvalue weighted by molar-refractivity contribution is 0.667. The molecular formula is C89H57N7O3. The van der Waals surface area contributed by atoms with Crippen LogP contribution >= 0.6 is 0 Å². The van der Waals surface area contributed by atoms with Gasteiger partial charge in [0.25, 0.3) is 0 Å². The third-order valence-electron chi connectivity index (χ3n) is 20.1. The number of para-hydroxylation sites is 1. The molecule has 20 rings (SSSR count). The molecule has 0 bridgehead atoms. The van der Waals surface area contributed by atoms with Gasteiger partial charge in [0.05, 0.1) is 23.1 Å². The van der Waals surface area contributed by atoms with Crippen LogP contribution < -0.4 is 9.80 Å². The van der Waals surface area contributed by atoms with E-state index in [4.69, 9.17) is 33.2 Å². The van der Waals surface area contributed by atoms with E-state index in [9.17, 15) is 0 Å². The molecule has 0 saturated heterocycles. The summed E-state index contributed by atoms with van der Waals surface area (Å²) in [6.07, 6.45) is 24.8. The second-order valence-electron chi connectivity index (χ2n) is 26.1. The third-order valence-corrected chi connectivity index (χ3v) is 20.1. The number of hydrogen-bond acceptors (Lipinski definition) is 10. The Morgan fingerprint density at radius 3 is 1.99 bits per heavy atom. The van der Waals surface area contributed by atoms with Crippen LogP contribution in [-0.2, 0) is 0 Å². The molecule has 10 nitrogen and oxygen atoms in total. The van der Waals surface area contributed by atoms with Crippen LogP contribution in [0.25, 0.3) is 160 Å². The molecule has 0 fully saturated rings. The Labute approximate surface area is 568 Å². The number of benzene rings is 10. The molecule has 2 aliphatic rings. The summed E-state index contributed by atoms with van der Waals surface area (Å²) in [5.74, 6) is 1.72. The van der Waals surface area contributed by atoms with Gasteiger partial charge in [0.15, 0.2) is 11.4 Å². The average molecular weight is 1270 g/mol. The molecule has 1 unspecified atom stereocenters. The van der Waals surface area contributed by atoms with E-state index in [2.05, 4.69) is 259 Å². The molecule has 1 aliphatic carbocycles. The van der Waals surface area contributed by atoms with Crippen molar-refractivity contribution >= 4 is 127 Å². The lowest BCUT2D eigenvalue weighted by Gasteiger charge is -2.34. The first kappa shape index (κ1) is 56.3. The van der Waals surface area contributed by atoms with Crippen molar-refractivity contribution in [1.82, 2.24) is 24.9 Å². The first-order valence-electron chi connectivity index (χ1n) is 33.5. The molecule has 0 spiro atoms. The normalized spacial score (nSPS) is 14.0. The minimum Gasteiger partial charge on any atom is -0.456 e. The third kappa shape index (κ3) is 9.14. The summed E-state index contributed by atoms with van der Waals surface area (Å²) in [6.45, 7) is 4.45. The first-order valence-corrected chi connectivity index (χ1v) is 33.5. The van der Waals surface area contributed by atoms with Crippen LogP contribution in [0.4, 0.5) is 22.9 Å². The van der Waals surface area contributed by atoms with Gasteiger partial charge in [-0.05, 0) is 180 Å². The molecule has 99 heavy (non-hydrogen) atoms. The van der Waals surface area contributed by atoms with Gasteiger partial charge in [0.1, 0.15) is 33.7 Å². The van der Waals surface area contributed by atoms with E-state index in [1.54, 1.807) is 0 Å². The minimum absolute atomic E-state index is 0.100. The van der Waals surface area contributed by atoms with Crippen molar-refractivity contribution in [2.24, 2.45) is 0 Å². The van der Waals surface area contributed by atoms with Crippen LogP contribution in [-0.4, -0.2) is 31.0 Å². The van der Waals surface area contributed by atoms with Gasteiger partial charge < -0.3 is 18.2 Å². The SMILES string of the molecule is CC(C)c1cccc(-c2ccc(-c3cc4oc5cc(N6C=CC=C7C=C(c8ccccc8)C=CC76)cc6c7cc(-c8cnc(-c9cccc%10ccccc9%10)nc8)cc8oc9c(N(c%10ccc%11c(c%10)oc%10ccccc%10%11)c%10ncccc%10-c%10ccncc%10)ccc(c(c3)c4c56)c9c87)cn2)c1. The summed E-state index contributed by atoms with van der Waals surface area (Å²) in [4.78, 5) is 29.8. The summed E-state index contributed by atoms with van der Waals surface area (Å²) >= 11 is 0. The lowest BCUT2D eigenvalue weighted by Crippen LogP contribution is -2.33. The number of nitrogens with zero attached hydrogens (tertiary/aromatic N) is 7. The van der Waals surface area contributed by atoms with Crippen LogP contribution in [0.2, 0.25) is 0 Å². The maximum absolute atomic E-state index is 7.81. The smallest absolute Gasteiger partial charge is 0.160 e. The van der Waals surface area contributed by atoms with Crippen LogP contribution in [0.15, 0.2) is 317 Å². The predicted octanol–water partition coefficient (Wildman–Crippen LogP) is 23.5. The maximum atomic E-state index is 7.81. The Morgan fingerprint density at radius 2 is 1.14 bits per heavy atom. The van der Waals surface area contributed by atoms with E-state index in [-0.39, 0.29) is 6.04 Å². The number of anilines is 4. The topological polar surface area (TPSA) is 110 Å². The fraction of sp³-hybridized carbons (Fsp3) is 0.0449. The van der Waals surface area contributed by atoms with Crippen molar-refractivity contribution in [2.45, 2.75) is 25.8 Å². The number of fused-ring (bicyclic) bond motifs is 7. The quantitative estimate of drug-likeness (QED) is 0.124.